The first-order valence-corrected chi connectivity index (χ1v) is 7.71. The van der Waals surface area contributed by atoms with E-state index in [0.29, 0.717) is 16.8 Å². The molecule has 2 aromatic rings. The zero-order valence-electron chi connectivity index (χ0n) is 13.4. The van der Waals surface area contributed by atoms with Crippen LogP contribution in [0.1, 0.15) is 33.6 Å². The number of benzene rings is 1. The first-order valence-electron chi connectivity index (χ1n) is 7.71. The Bertz CT molecular complexity index is 706. The summed E-state index contributed by atoms with van der Waals surface area (Å²) in [6.45, 7) is 6.31. The summed E-state index contributed by atoms with van der Waals surface area (Å²) in [5.41, 5.74) is 0.463. The minimum Gasteiger partial charge on any atom is -0.352 e. The molecule has 0 unspecified atom stereocenters. The fourth-order valence-electron chi connectivity index (χ4n) is 2.35. The lowest BCUT2D eigenvalue weighted by Crippen LogP contribution is -2.37. The lowest BCUT2D eigenvalue weighted by atomic mass is 10.0. The highest BCUT2D eigenvalue weighted by molar-refractivity contribution is 5.78. The second-order valence-electron chi connectivity index (χ2n) is 6.13. The van der Waals surface area contributed by atoms with Gasteiger partial charge in [0.2, 0.25) is 5.91 Å². The van der Waals surface area contributed by atoms with Crippen LogP contribution in [-0.4, -0.2) is 21.5 Å². The number of carbonyl (C=O) groups is 1. The molecule has 1 heterocycles. The monoisotopic (exact) mass is 301 g/mol. The number of amides is 1. The van der Waals surface area contributed by atoms with Crippen molar-refractivity contribution in [1.29, 1.82) is 0 Å². The van der Waals surface area contributed by atoms with Crippen molar-refractivity contribution in [2.75, 3.05) is 0 Å². The average Bonchev–Trinajstić information content (AvgIpc) is 2.48. The second kappa shape index (κ2) is 7.20. The van der Waals surface area contributed by atoms with E-state index in [0.717, 1.165) is 12.8 Å². The zero-order chi connectivity index (χ0) is 16.1. The van der Waals surface area contributed by atoms with Gasteiger partial charge in [-0.2, -0.15) is 0 Å². The Balaban J connectivity index is 2.03. The van der Waals surface area contributed by atoms with E-state index < -0.39 is 0 Å². The van der Waals surface area contributed by atoms with Gasteiger partial charge < -0.3 is 5.32 Å². The molecule has 1 amide bonds. The standard InChI is InChI=1S/C17H23N3O2/c1-12(2)8-9-13(3)19-16(21)10-20-11-18-15-7-5-4-6-14(15)17(20)22/h4-7,11-13H,8-10H2,1-3H3,(H,19,21)/t13-/m0/s1. The molecule has 0 aliphatic rings. The molecule has 0 aliphatic heterocycles. The molecule has 0 saturated heterocycles. The predicted octanol–water partition coefficient (Wildman–Crippen LogP) is 2.34. The molecule has 0 saturated carbocycles. The average molecular weight is 301 g/mol. The summed E-state index contributed by atoms with van der Waals surface area (Å²) in [5.74, 6) is 0.460. The second-order valence-corrected chi connectivity index (χ2v) is 6.13. The Morgan fingerprint density at radius 1 is 1.23 bits per heavy atom. The molecule has 1 aromatic carbocycles. The van der Waals surface area contributed by atoms with Gasteiger partial charge in [0.15, 0.2) is 0 Å². The van der Waals surface area contributed by atoms with E-state index in [1.807, 2.05) is 13.0 Å². The number of carbonyl (C=O) groups excluding carboxylic acids is 1. The van der Waals surface area contributed by atoms with Crippen molar-refractivity contribution in [3.63, 3.8) is 0 Å². The fourth-order valence-corrected chi connectivity index (χ4v) is 2.35. The van der Waals surface area contributed by atoms with Crippen LogP contribution in [0.15, 0.2) is 35.4 Å². The molecule has 1 atom stereocenters. The third-order valence-corrected chi connectivity index (χ3v) is 3.63. The minimum absolute atomic E-state index is 0.00266. The van der Waals surface area contributed by atoms with Crippen LogP contribution in [0.25, 0.3) is 10.9 Å². The normalized spacial score (nSPS) is 12.5. The van der Waals surface area contributed by atoms with Crippen LogP contribution in [0.4, 0.5) is 0 Å². The van der Waals surface area contributed by atoms with Crippen LogP contribution < -0.4 is 10.9 Å². The van der Waals surface area contributed by atoms with Crippen molar-refractivity contribution < 1.29 is 4.79 Å². The van der Waals surface area contributed by atoms with Crippen molar-refractivity contribution in [2.24, 2.45) is 5.92 Å². The van der Waals surface area contributed by atoms with Gasteiger partial charge in [0.1, 0.15) is 6.54 Å². The van der Waals surface area contributed by atoms with E-state index in [1.54, 1.807) is 18.2 Å². The minimum atomic E-state index is -0.185. The van der Waals surface area contributed by atoms with Gasteiger partial charge in [0, 0.05) is 6.04 Å². The number of hydrogen-bond donors (Lipinski definition) is 1. The van der Waals surface area contributed by atoms with Crippen LogP contribution in [-0.2, 0) is 11.3 Å². The lowest BCUT2D eigenvalue weighted by Gasteiger charge is -2.15. The molecule has 0 spiro atoms. The molecular formula is C17H23N3O2. The number of rotatable bonds is 6. The highest BCUT2D eigenvalue weighted by Gasteiger charge is 2.11. The van der Waals surface area contributed by atoms with E-state index in [-0.39, 0.29) is 24.1 Å². The smallest absolute Gasteiger partial charge is 0.261 e. The lowest BCUT2D eigenvalue weighted by molar-refractivity contribution is -0.122. The molecule has 0 fully saturated rings. The number of nitrogens with one attached hydrogen (secondary N) is 1. The van der Waals surface area contributed by atoms with Gasteiger partial charge in [-0.3, -0.25) is 14.2 Å². The molecular weight excluding hydrogens is 278 g/mol. The Hall–Kier alpha value is -2.17. The molecule has 2 rings (SSSR count). The molecule has 0 bridgehead atoms. The SMILES string of the molecule is CC(C)CC[C@H](C)NC(=O)Cn1cnc2ccccc2c1=O. The van der Waals surface area contributed by atoms with Crippen molar-refractivity contribution in [2.45, 2.75) is 46.2 Å². The van der Waals surface area contributed by atoms with Crippen molar-refractivity contribution in [3.05, 3.63) is 40.9 Å². The van der Waals surface area contributed by atoms with Crippen LogP contribution in [0.3, 0.4) is 0 Å². The highest BCUT2D eigenvalue weighted by atomic mass is 16.2. The van der Waals surface area contributed by atoms with Gasteiger partial charge in [-0.25, -0.2) is 4.98 Å². The summed E-state index contributed by atoms with van der Waals surface area (Å²) in [5, 5.41) is 3.47. The first kappa shape index (κ1) is 16.2. The van der Waals surface area contributed by atoms with E-state index in [9.17, 15) is 9.59 Å². The molecule has 22 heavy (non-hydrogen) atoms. The van der Waals surface area contributed by atoms with Gasteiger partial charge >= 0.3 is 0 Å². The Morgan fingerprint density at radius 2 is 1.95 bits per heavy atom. The first-order chi connectivity index (χ1) is 10.5. The number of fused-ring (bicyclic) bond motifs is 1. The maximum Gasteiger partial charge on any atom is 0.261 e. The van der Waals surface area contributed by atoms with E-state index in [1.165, 1.54) is 10.9 Å². The van der Waals surface area contributed by atoms with Gasteiger partial charge in [0.25, 0.3) is 5.56 Å². The van der Waals surface area contributed by atoms with Crippen LogP contribution >= 0.6 is 0 Å². The Morgan fingerprint density at radius 3 is 2.68 bits per heavy atom. The molecule has 5 heteroatoms. The summed E-state index contributed by atoms with van der Waals surface area (Å²) in [4.78, 5) is 28.6. The Labute approximate surface area is 130 Å². The maximum absolute atomic E-state index is 12.3. The van der Waals surface area contributed by atoms with Crippen molar-refractivity contribution in [3.8, 4) is 0 Å². The Kier molecular flexibility index (Phi) is 5.31. The van der Waals surface area contributed by atoms with Crippen molar-refractivity contribution >= 4 is 16.8 Å². The van der Waals surface area contributed by atoms with Crippen LogP contribution in [0.2, 0.25) is 0 Å². The third-order valence-electron chi connectivity index (χ3n) is 3.63. The van der Waals surface area contributed by atoms with Gasteiger partial charge in [-0.15, -0.1) is 0 Å². The van der Waals surface area contributed by atoms with E-state index in [2.05, 4.69) is 24.1 Å². The summed E-state index contributed by atoms with van der Waals surface area (Å²) >= 11 is 0. The van der Waals surface area contributed by atoms with Gasteiger partial charge in [-0.05, 0) is 37.8 Å². The quantitative estimate of drug-likeness (QED) is 0.890. The summed E-state index contributed by atoms with van der Waals surface area (Å²) in [7, 11) is 0. The van der Waals surface area contributed by atoms with E-state index >= 15 is 0 Å². The number of para-hydroxylation sites is 1. The van der Waals surface area contributed by atoms with Gasteiger partial charge in [-0.1, -0.05) is 26.0 Å². The van der Waals surface area contributed by atoms with E-state index in [4.69, 9.17) is 0 Å². The molecule has 1 N–H and O–H groups in total. The van der Waals surface area contributed by atoms with Crippen LogP contribution in [0.5, 0.6) is 0 Å². The highest BCUT2D eigenvalue weighted by Crippen LogP contribution is 2.07. The molecule has 0 radical (unpaired) electrons. The molecule has 1 aromatic heterocycles. The molecule has 118 valence electrons. The van der Waals surface area contributed by atoms with Crippen LogP contribution in [0, 0.1) is 5.92 Å². The molecule has 0 aliphatic carbocycles. The number of nitrogens with zero attached hydrogens (tertiary/aromatic N) is 2. The largest absolute Gasteiger partial charge is 0.352 e. The number of hydrogen-bond acceptors (Lipinski definition) is 3. The topological polar surface area (TPSA) is 64.0 Å². The molecule has 5 nitrogen and oxygen atoms in total. The van der Waals surface area contributed by atoms with Crippen molar-refractivity contribution in [1.82, 2.24) is 14.9 Å². The third kappa shape index (κ3) is 4.16. The fraction of sp³-hybridized carbons (Fsp3) is 0.471. The maximum atomic E-state index is 12.3. The summed E-state index contributed by atoms with van der Waals surface area (Å²) < 4.78 is 1.35. The summed E-state index contributed by atoms with van der Waals surface area (Å²) in [6, 6.07) is 7.25. The zero-order valence-corrected chi connectivity index (χ0v) is 13.4. The predicted molar refractivity (Wildman–Crippen MR) is 87.7 cm³/mol. The summed E-state index contributed by atoms with van der Waals surface area (Å²) in [6.07, 6.45) is 3.44. The van der Waals surface area contributed by atoms with Gasteiger partial charge in [0.05, 0.1) is 17.2 Å². The number of aromatic nitrogens is 2.